The zero-order valence-electron chi connectivity index (χ0n) is 17.7. The van der Waals surface area contributed by atoms with E-state index in [1.807, 2.05) is 47.4 Å². The fourth-order valence-corrected chi connectivity index (χ4v) is 3.95. The van der Waals surface area contributed by atoms with Gasteiger partial charge in [-0.05, 0) is 37.0 Å². The maximum Gasteiger partial charge on any atom is 0.317 e. The second-order valence-corrected chi connectivity index (χ2v) is 7.82. The Kier molecular flexibility index (Phi) is 6.57. The molecule has 3 aromatic rings. The minimum Gasteiger partial charge on any atom is -0.385 e. The van der Waals surface area contributed by atoms with Crippen LogP contribution in [0.15, 0.2) is 59.4 Å². The van der Waals surface area contributed by atoms with Crippen molar-refractivity contribution in [2.45, 2.75) is 31.2 Å². The quantitative estimate of drug-likeness (QED) is 0.628. The lowest BCUT2D eigenvalue weighted by Gasteiger charge is -2.39. The second-order valence-electron chi connectivity index (χ2n) is 7.82. The van der Waals surface area contributed by atoms with Crippen LogP contribution in [-0.4, -0.2) is 52.9 Å². The highest BCUT2D eigenvalue weighted by molar-refractivity contribution is 5.74. The summed E-state index contributed by atoms with van der Waals surface area (Å²) >= 11 is 0. The van der Waals surface area contributed by atoms with Gasteiger partial charge in [-0.25, -0.2) is 4.79 Å². The number of urea groups is 1. The molecule has 0 atom stereocenters. The largest absolute Gasteiger partial charge is 0.385 e. The molecule has 0 radical (unpaired) electrons. The van der Waals surface area contributed by atoms with Gasteiger partial charge in [0.25, 0.3) is 5.89 Å². The minimum atomic E-state index is -0.282. The fraction of sp³-hybridized carbons (Fsp3) is 0.391. The van der Waals surface area contributed by atoms with E-state index >= 15 is 0 Å². The highest BCUT2D eigenvalue weighted by Gasteiger charge is 2.41. The number of rotatable bonds is 7. The molecule has 2 amide bonds. The molecule has 0 unspecified atom stereocenters. The number of hydrogen-bond donors (Lipinski definition) is 1. The maximum atomic E-state index is 12.7. The van der Waals surface area contributed by atoms with Crippen molar-refractivity contribution in [2.24, 2.45) is 0 Å². The molecular formula is C23H27N5O3. The summed E-state index contributed by atoms with van der Waals surface area (Å²) in [4.78, 5) is 23.3. The molecular weight excluding hydrogens is 394 g/mol. The van der Waals surface area contributed by atoms with E-state index < -0.39 is 0 Å². The van der Waals surface area contributed by atoms with Gasteiger partial charge < -0.3 is 19.5 Å². The average molecular weight is 422 g/mol. The van der Waals surface area contributed by atoms with Crippen molar-refractivity contribution >= 4 is 6.03 Å². The number of hydrogen-bond acceptors (Lipinski definition) is 6. The molecule has 1 saturated heterocycles. The molecule has 1 aliphatic rings. The first-order valence-corrected chi connectivity index (χ1v) is 10.5. The lowest BCUT2D eigenvalue weighted by Crippen LogP contribution is -2.49. The summed E-state index contributed by atoms with van der Waals surface area (Å²) in [7, 11) is 1.69. The highest BCUT2D eigenvalue weighted by atomic mass is 16.5. The molecule has 162 valence electrons. The standard InChI is InChI=1S/C23H27N5O3/c1-30-15-11-23(21-26-20(31-27-21)19-8-5-12-24-17-19)9-13-28(14-10-23)22(29)25-16-18-6-3-2-4-7-18/h2-8,12,17H,9-11,13-16H2,1H3,(H,25,29). The van der Waals surface area contributed by atoms with E-state index in [1.165, 1.54) is 0 Å². The fourth-order valence-electron chi connectivity index (χ4n) is 3.95. The van der Waals surface area contributed by atoms with Crippen LogP contribution in [0.1, 0.15) is 30.7 Å². The van der Waals surface area contributed by atoms with Crippen LogP contribution in [-0.2, 0) is 16.7 Å². The number of likely N-dealkylation sites (tertiary alicyclic amines) is 1. The summed E-state index contributed by atoms with van der Waals surface area (Å²) in [6, 6.07) is 13.6. The smallest absolute Gasteiger partial charge is 0.317 e. The van der Waals surface area contributed by atoms with Crippen molar-refractivity contribution in [2.75, 3.05) is 26.8 Å². The molecule has 8 heteroatoms. The van der Waals surface area contributed by atoms with Gasteiger partial charge in [-0.1, -0.05) is 35.5 Å². The van der Waals surface area contributed by atoms with E-state index in [4.69, 9.17) is 9.26 Å². The van der Waals surface area contributed by atoms with Gasteiger partial charge in [-0.3, -0.25) is 4.98 Å². The Hall–Kier alpha value is -3.26. The predicted octanol–water partition coefficient (Wildman–Crippen LogP) is 3.41. The van der Waals surface area contributed by atoms with Gasteiger partial charge in [0.05, 0.1) is 5.56 Å². The molecule has 4 rings (SSSR count). The molecule has 0 spiro atoms. The minimum absolute atomic E-state index is 0.0478. The van der Waals surface area contributed by atoms with Gasteiger partial charge >= 0.3 is 6.03 Å². The molecule has 0 saturated carbocycles. The third-order valence-electron chi connectivity index (χ3n) is 5.89. The molecule has 8 nitrogen and oxygen atoms in total. The number of ether oxygens (including phenoxy) is 1. The summed E-state index contributed by atoms with van der Waals surface area (Å²) in [5.41, 5.74) is 1.59. The van der Waals surface area contributed by atoms with Gasteiger partial charge in [0.1, 0.15) is 0 Å². The zero-order valence-corrected chi connectivity index (χ0v) is 17.7. The van der Waals surface area contributed by atoms with Crippen molar-refractivity contribution in [3.63, 3.8) is 0 Å². The van der Waals surface area contributed by atoms with E-state index in [1.54, 1.807) is 19.5 Å². The van der Waals surface area contributed by atoms with Gasteiger partial charge in [0.15, 0.2) is 5.82 Å². The Morgan fingerprint density at radius 1 is 1.19 bits per heavy atom. The Morgan fingerprint density at radius 3 is 2.71 bits per heavy atom. The van der Waals surface area contributed by atoms with Crippen LogP contribution < -0.4 is 5.32 Å². The number of benzene rings is 1. The Bertz CT molecular complexity index is 969. The van der Waals surface area contributed by atoms with Crippen LogP contribution in [0.5, 0.6) is 0 Å². The van der Waals surface area contributed by atoms with Crippen molar-refractivity contribution in [1.29, 1.82) is 0 Å². The van der Waals surface area contributed by atoms with Gasteiger partial charge in [-0.2, -0.15) is 4.98 Å². The monoisotopic (exact) mass is 421 g/mol. The van der Waals surface area contributed by atoms with Crippen molar-refractivity contribution in [1.82, 2.24) is 25.3 Å². The van der Waals surface area contributed by atoms with E-state index in [9.17, 15) is 4.79 Å². The first-order valence-electron chi connectivity index (χ1n) is 10.5. The maximum absolute atomic E-state index is 12.7. The number of carbonyl (C=O) groups is 1. The number of methoxy groups -OCH3 is 1. The van der Waals surface area contributed by atoms with Crippen molar-refractivity contribution in [3.8, 4) is 11.5 Å². The summed E-state index contributed by atoms with van der Waals surface area (Å²) in [5, 5.41) is 7.31. The van der Waals surface area contributed by atoms with Crippen LogP contribution >= 0.6 is 0 Å². The summed E-state index contributed by atoms with van der Waals surface area (Å²) in [6.45, 7) is 2.36. The van der Waals surface area contributed by atoms with E-state index in [0.717, 1.165) is 30.4 Å². The third kappa shape index (κ3) is 4.91. The first-order chi connectivity index (χ1) is 15.2. The van der Waals surface area contributed by atoms with Gasteiger partial charge in [0.2, 0.25) is 0 Å². The number of carbonyl (C=O) groups excluding carboxylic acids is 1. The van der Waals surface area contributed by atoms with E-state index in [2.05, 4.69) is 20.4 Å². The number of pyridine rings is 1. The van der Waals surface area contributed by atoms with Crippen LogP contribution in [0, 0.1) is 0 Å². The number of amides is 2. The predicted molar refractivity (Wildman–Crippen MR) is 115 cm³/mol. The van der Waals surface area contributed by atoms with Crippen molar-refractivity contribution < 1.29 is 14.1 Å². The normalized spacial score (nSPS) is 15.6. The zero-order chi connectivity index (χ0) is 21.5. The van der Waals surface area contributed by atoms with Gasteiger partial charge in [0, 0.05) is 51.2 Å². The first kappa shape index (κ1) is 21.0. The van der Waals surface area contributed by atoms with Crippen LogP contribution in [0.2, 0.25) is 0 Å². The van der Waals surface area contributed by atoms with Gasteiger partial charge in [-0.15, -0.1) is 0 Å². The molecule has 1 aliphatic heterocycles. The number of aromatic nitrogens is 3. The molecule has 1 N–H and O–H groups in total. The molecule has 1 fully saturated rings. The lowest BCUT2D eigenvalue weighted by molar-refractivity contribution is 0.114. The number of piperidine rings is 1. The van der Waals surface area contributed by atoms with Crippen molar-refractivity contribution in [3.05, 3.63) is 66.2 Å². The summed E-state index contributed by atoms with van der Waals surface area (Å²) < 4.78 is 10.9. The topological polar surface area (TPSA) is 93.4 Å². The molecule has 31 heavy (non-hydrogen) atoms. The number of nitrogens with zero attached hydrogens (tertiary/aromatic N) is 4. The average Bonchev–Trinajstić information content (AvgIpc) is 3.34. The lowest BCUT2D eigenvalue weighted by atomic mass is 9.75. The third-order valence-corrected chi connectivity index (χ3v) is 5.89. The molecule has 2 aromatic heterocycles. The summed E-state index contributed by atoms with van der Waals surface area (Å²) in [6.07, 6.45) is 5.69. The molecule has 0 bridgehead atoms. The Labute approximate surface area is 181 Å². The Morgan fingerprint density at radius 2 is 2.00 bits per heavy atom. The SMILES string of the molecule is COCCC1(c2noc(-c3cccnc3)n2)CCN(C(=O)NCc2ccccc2)CC1. The Balaban J connectivity index is 1.42. The molecule has 0 aliphatic carbocycles. The second kappa shape index (κ2) is 9.70. The van der Waals surface area contributed by atoms with Crippen LogP contribution in [0.3, 0.4) is 0 Å². The molecule has 1 aromatic carbocycles. The van der Waals surface area contributed by atoms with Crippen LogP contribution in [0.25, 0.3) is 11.5 Å². The molecule has 3 heterocycles. The summed E-state index contributed by atoms with van der Waals surface area (Å²) in [5.74, 6) is 1.13. The number of nitrogens with one attached hydrogen (secondary N) is 1. The van der Waals surface area contributed by atoms with E-state index in [-0.39, 0.29) is 11.4 Å². The highest BCUT2D eigenvalue weighted by Crippen LogP contribution is 2.38. The van der Waals surface area contributed by atoms with Crippen LogP contribution in [0.4, 0.5) is 4.79 Å². The van der Waals surface area contributed by atoms with E-state index in [0.29, 0.717) is 38.0 Å².